The predicted octanol–water partition coefficient (Wildman–Crippen LogP) is 5.48. The molecule has 0 aliphatic rings. The highest BCUT2D eigenvalue weighted by atomic mass is 127. The Morgan fingerprint density at radius 1 is 1.06 bits per heavy atom. The molecule has 3 rings (SSSR count). The molecule has 35 heavy (non-hydrogen) atoms. The lowest BCUT2D eigenvalue weighted by atomic mass is 10.1. The van der Waals surface area contributed by atoms with E-state index in [2.05, 4.69) is 33.2 Å². The number of hydrogen-bond acceptors (Lipinski definition) is 5. The van der Waals surface area contributed by atoms with Crippen LogP contribution in [0.25, 0.3) is 6.08 Å². The zero-order chi connectivity index (χ0) is 25.4. The zero-order valence-electron chi connectivity index (χ0n) is 19.5. The van der Waals surface area contributed by atoms with Crippen LogP contribution in [0.4, 0.5) is 11.4 Å². The molecule has 0 aromatic heterocycles. The summed E-state index contributed by atoms with van der Waals surface area (Å²) in [6.45, 7) is 3.62. The fraction of sp³-hybridized carbons (Fsp3) is 0.148. The predicted molar refractivity (Wildman–Crippen MR) is 144 cm³/mol. The Balaban J connectivity index is 1.75. The number of hydrogen-bond donors (Lipinski definition) is 2. The van der Waals surface area contributed by atoms with E-state index in [0.717, 1.165) is 16.8 Å². The average molecular weight is 581 g/mol. The Morgan fingerprint density at radius 3 is 2.51 bits per heavy atom. The molecule has 0 unspecified atom stereocenters. The van der Waals surface area contributed by atoms with Crippen LogP contribution < -0.4 is 20.1 Å². The number of aryl methyl sites for hydroxylation is 2. The number of rotatable bonds is 8. The van der Waals surface area contributed by atoms with Crippen molar-refractivity contribution in [2.45, 2.75) is 13.8 Å². The van der Waals surface area contributed by atoms with Gasteiger partial charge in [0.25, 0.3) is 11.8 Å². The van der Waals surface area contributed by atoms with Gasteiger partial charge in [-0.1, -0.05) is 30.3 Å². The van der Waals surface area contributed by atoms with E-state index in [1.54, 1.807) is 18.2 Å². The van der Waals surface area contributed by atoms with Gasteiger partial charge in [-0.15, -0.1) is 0 Å². The van der Waals surface area contributed by atoms with Crippen LogP contribution in [-0.2, 0) is 9.59 Å². The first-order valence-electron chi connectivity index (χ1n) is 10.7. The summed E-state index contributed by atoms with van der Waals surface area (Å²) in [6.07, 6.45) is 1.48. The van der Waals surface area contributed by atoms with Gasteiger partial charge in [-0.3, -0.25) is 9.59 Å². The quantitative estimate of drug-likeness (QED) is 0.209. The van der Waals surface area contributed by atoms with Gasteiger partial charge in [0.2, 0.25) is 0 Å². The molecule has 0 bridgehead atoms. The van der Waals surface area contributed by atoms with Crippen molar-refractivity contribution in [2.24, 2.45) is 0 Å². The van der Waals surface area contributed by atoms with E-state index in [4.69, 9.17) is 9.47 Å². The summed E-state index contributed by atoms with van der Waals surface area (Å²) in [5.41, 5.74) is 3.79. The third kappa shape index (κ3) is 7.07. The summed E-state index contributed by atoms with van der Waals surface area (Å²) in [5, 5.41) is 15.1. The topological polar surface area (TPSA) is 100 Å². The molecule has 8 heteroatoms. The van der Waals surface area contributed by atoms with E-state index in [-0.39, 0.29) is 18.1 Å². The number of nitriles is 1. The molecule has 0 aliphatic carbocycles. The molecule has 0 fully saturated rings. The zero-order valence-corrected chi connectivity index (χ0v) is 21.7. The van der Waals surface area contributed by atoms with Crippen LogP contribution in [0.3, 0.4) is 0 Å². The van der Waals surface area contributed by atoms with Gasteiger partial charge < -0.3 is 20.1 Å². The molecule has 0 saturated carbocycles. The molecule has 178 valence electrons. The molecule has 0 saturated heterocycles. The maximum atomic E-state index is 12.6. The van der Waals surface area contributed by atoms with Gasteiger partial charge >= 0.3 is 0 Å². The summed E-state index contributed by atoms with van der Waals surface area (Å²) in [5.74, 6) is -0.0443. The third-order valence-corrected chi connectivity index (χ3v) is 5.77. The Morgan fingerprint density at radius 2 is 1.83 bits per heavy atom. The van der Waals surface area contributed by atoms with E-state index < -0.39 is 5.91 Å². The lowest BCUT2D eigenvalue weighted by molar-refractivity contribution is -0.118. The van der Waals surface area contributed by atoms with Crippen molar-refractivity contribution in [3.63, 3.8) is 0 Å². The fourth-order valence-electron chi connectivity index (χ4n) is 3.24. The molecule has 3 aromatic rings. The Kier molecular flexibility index (Phi) is 8.86. The van der Waals surface area contributed by atoms with Gasteiger partial charge in [-0.2, -0.15) is 5.26 Å². The van der Waals surface area contributed by atoms with Crippen molar-refractivity contribution in [2.75, 3.05) is 24.4 Å². The molecular formula is C27H24IN3O4. The molecule has 0 spiro atoms. The van der Waals surface area contributed by atoms with Crippen LogP contribution in [0.5, 0.6) is 11.5 Å². The Hall–Kier alpha value is -3.84. The van der Waals surface area contributed by atoms with E-state index >= 15 is 0 Å². The number of anilines is 2. The monoisotopic (exact) mass is 581 g/mol. The molecule has 2 N–H and O–H groups in total. The summed E-state index contributed by atoms with van der Waals surface area (Å²) in [4.78, 5) is 25.0. The number of methoxy groups -OCH3 is 1. The first-order chi connectivity index (χ1) is 16.8. The van der Waals surface area contributed by atoms with Crippen LogP contribution in [0.1, 0.15) is 16.7 Å². The van der Waals surface area contributed by atoms with Crippen LogP contribution in [-0.4, -0.2) is 25.5 Å². The molecule has 0 heterocycles. The van der Waals surface area contributed by atoms with Crippen molar-refractivity contribution in [3.05, 3.63) is 86.5 Å². The number of para-hydroxylation sites is 1. The van der Waals surface area contributed by atoms with Gasteiger partial charge in [0.15, 0.2) is 18.1 Å². The van der Waals surface area contributed by atoms with Gasteiger partial charge in [-0.25, -0.2) is 0 Å². The molecule has 2 amide bonds. The maximum Gasteiger partial charge on any atom is 0.266 e. The Labute approximate surface area is 217 Å². The van der Waals surface area contributed by atoms with Crippen LogP contribution >= 0.6 is 22.6 Å². The normalized spacial score (nSPS) is 10.8. The number of benzene rings is 3. The Bertz CT molecular complexity index is 1330. The molecule has 0 aliphatic heterocycles. The van der Waals surface area contributed by atoms with E-state index in [1.165, 1.54) is 13.2 Å². The minimum Gasteiger partial charge on any atom is -0.493 e. The van der Waals surface area contributed by atoms with Gasteiger partial charge in [0, 0.05) is 11.4 Å². The smallest absolute Gasteiger partial charge is 0.266 e. The second-order valence-electron chi connectivity index (χ2n) is 7.68. The van der Waals surface area contributed by atoms with E-state index in [1.807, 2.05) is 62.4 Å². The second-order valence-corrected chi connectivity index (χ2v) is 8.84. The van der Waals surface area contributed by atoms with Gasteiger partial charge in [0.05, 0.1) is 10.7 Å². The molecule has 3 aromatic carbocycles. The first-order valence-corrected chi connectivity index (χ1v) is 11.7. The summed E-state index contributed by atoms with van der Waals surface area (Å²) in [7, 11) is 1.48. The molecule has 7 nitrogen and oxygen atoms in total. The highest BCUT2D eigenvalue weighted by Gasteiger charge is 2.15. The maximum absolute atomic E-state index is 12.6. The minimum absolute atomic E-state index is 0.0596. The van der Waals surface area contributed by atoms with E-state index in [9.17, 15) is 14.9 Å². The lowest BCUT2D eigenvalue weighted by Gasteiger charge is -2.14. The summed E-state index contributed by atoms with van der Waals surface area (Å²) >= 11 is 2.06. The second kappa shape index (κ2) is 12.0. The molecular weight excluding hydrogens is 557 g/mol. The standard InChI is InChI=1S/C27H24IN3O4/c1-17-7-6-9-21(11-17)30-27(33)20(15-29)12-19-13-22(28)26(24(14-19)34-3)35-16-25(32)31-23-10-5-4-8-18(23)2/h4-14H,16H2,1-3H3,(H,30,33)(H,31,32)/b20-12+. The van der Waals surface area contributed by atoms with Crippen molar-refractivity contribution < 1.29 is 19.1 Å². The number of carbonyl (C=O) groups excluding carboxylic acids is 2. The summed E-state index contributed by atoms with van der Waals surface area (Å²) in [6, 6.07) is 20.1. The van der Waals surface area contributed by atoms with Crippen LogP contribution in [0.2, 0.25) is 0 Å². The average Bonchev–Trinajstić information content (AvgIpc) is 2.82. The SMILES string of the molecule is COc1cc(/C=C(\C#N)C(=O)Nc2cccc(C)c2)cc(I)c1OCC(=O)Nc1ccccc1C. The number of nitrogens with one attached hydrogen (secondary N) is 2. The van der Waals surface area contributed by atoms with Crippen molar-refractivity contribution in [1.82, 2.24) is 0 Å². The number of amides is 2. The molecule has 0 atom stereocenters. The largest absolute Gasteiger partial charge is 0.493 e. The number of halogens is 1. The van der Waals surface area contributed by atoms with Gasteiger partial charge in [-0.05, 0) is 89.5 Å². The fourth-order valence-corrected chi connectivity index (χ4v) is 4.02. The van der Waals surface area contributed by atoms with Crippen molar-refractivity contribution in [3.8, 4) is 17.6 Å². The molecule has 0 radical (unpaired) electrons. The number of carbonyl (C=O) groups is 2. The first kappa shape index (κ1) is 25.8. The highest BCUT2D eigenvalue weighted by Crippen LogP contribution is 2.34. The highest BCUT2D eigenvalue weighted by molar-refractivity contribution is 14.1. The van der Waals surface area contributed by atoms with Crippen molar-refractivity contribution in [1.29, 1.82) is 5.26 Å². The summed E-state index contributed by atoms with van der Waals surface area (Å²) < 4.78 is 11.9. The number of nitrogens with zero attached hydrogens (tertiary/aromatic N) is 1. The third-order valence-electron chi connectivity index (χ3n) is 4.97. The van der Waals surface area contributed by atoms with Crippen LogP contribution in [0, 0.1) is 28.7 Å². The number of ether oxygens (including phenoxy) is 2. The van der Waals surface area contributed by atoms with Gasteiger partial charge in [0.1, 0.15) is 11.6 Å². The van der Waals surface area contributed by atoms with Crippen molar-refractivity contribution >= 4 is 51.9 Å². The minimum atomic E-state index is -0.514. The van der Waals surface area contributed by atoms with Crippen LogP contribution in [0.15, 0.2) is 66.2 Å². The lowest BCUT2D eigenvalue weighted by Crippen LogP contribution is -2.21. The van der Waals surface area contributed by atoms with E-state index in [0.29, 0.717) is 26.3 Å².